The molecule has 0 heterocycles. The van der Waals surface area contributed by atoms with Crippen molar-refractivity contribution in [3.05, 3.63) is 0 Å². The zero-order valence-electron chi connectivity index (χ0n) is 9.34. The lowest BCUT2D eigenvalue weighted by atomic mass is 10.0. The summed E-state index contributed by atoms with van der Waals surface area (Å²) in [6, 6.07) is 0.838. The van der Waals surface area contributed by atoms with Gasteiger partial charge >= 0.3 is 0 Å². The maximum Gasteiger partial charge on any atom is 0.0278 e. The fourth-order valence-corrected chi connectivity index (χ4v) is 1.81. The SMILES string of the molecule is CCCCN(C1CC1)C(C)(C)CN. The van der Waals surface area contributed by atoms with Gasteiger partial charge in [-0.15, -0.1) is 0 Å². The first-order chi connectivity index (χ1) is 6.11. The van der Waals surface area contributed by atoms with E-state index in [0.717, 1.165) is 12.6 Å². The van der Waals surface area contributed by atoms with E-state index < -0.39 is 0 Å². The molecule has 1 fully saturated rings. The first-order valence-electron chi connectivity index (χ1n) is 5.58. The molecular weight excluding hydrogens is 160 g/mol. The first kappa shape index (κ1) is 11.0. The predicted molar refractivity (Wildman–Crippen MR) is 57.8 cm³/mol. The molecule has 1 rings (SSSR count). The Morgan fingerprint density at radius 3 is 2.38 bits per heavy atom. The molecule has 0 aromatic rings. The van der Waals surface area contributed by atoms with E-state index >= 15 is 0 Å². The summed E-state index contributed by atoms with van der Waals surface area (Å²) in [7, 11) is 0. The second-order valence-electron chi connectivity index (χ2n) is 4.79. The minimum Gasteiger partial charge on any atom is -0.329 e. The summed E-state index contributed by atoms with van der Waals surface area (Å²) >= 11 is 0. The molecule has 0 bridgehead atoms. The molecule has 1 aliphatic rings. The van der Waals surface area contributed by atoms with Crippen molar-refractivity contribution in [1.29, 1.82) is 0 Å². The summed E-state index contributed by atoms with van der Waals surface area (Å²) in [5, 5.41) is 0. The Hall–Kier alpha value is -0.0800. The Bertz CT molecular complexity index is 150. The van der Waals surface area contributed by atoms with E-state index in [9.17, 15) is 0 Å². The highest BCUT2D eigenvalue weighted by Gasteiger charge is 2.36. The van der Waals surface area contributed by atoms with Crippen LogP contribution in [-0.2, 0) is 0 Å². The summed E-state index contributed by atoms with van der Waals surface area (Å²) in [5.41, 5.74) is 6.01. The van der Waals surface area contributed by atoms with Crippen molar-refractivity contribution in [3.63, 3.8) is 0 Å². The fraction of sp³-hybridized carbons (Fsp3) is 1.00. The Kier molecular flexibility index (Phi) is 3.74. The Morgan fingerprint density at radius 1 is 1.38 bits per heavy atom. The van der Waals surface area contributed by atoms with Gasteiger partial charge in [0.15, 0.2) is 0 Å². The van der Waals surface area contributed by atoms with Crippen LogP contribution in [0.4, 0.5) is 0 Å². The number of hydrogen-bond donors (Lipinski definition) is 1. The molecule has 78 valence electrons. The van der Waals surface area contributed by atoms with Crippen LogP contribution in [0.3, 0.4) is 0 Å². The van der Waals surface area contributed by atoms with Gasteiger partial charge in [-0.2, -0.15) is 0 Å². The Morgan fingerprint density at radius 2 is 2.00 bits per heavy atom. The van der Waals surface area contributed by atoms with E-state index in [1.807, 2.05) is 0 Å². The molecule has 0 aliphatic heterocycles. The zero-order chi connectivity index (χ0) is 9.90. The topological polar surface area (TPSA) is 29.3 Å². The van der Waals surface area contributed by atoms with E-state index in [0.29, 0.717) is 0 Å². The predicted octanol–water partition coefficient (Wildman–Crippen LogP) is 1.99. The van der Waals surface area contributed by atoms with Crippen molar-refractivity contribution >= 4 is 0 Å². The number of hydrogen-bond acceptors (Lipinski definition) is 2. The van der Waals surface area contributed by atoms with Gasteiger partial charge in [-0.3, -0.25) is 4.90 Å². The number of unbranched alkanes of at least 4 members (excludes halogenated alkanes) is 1. The van der Waals surface area contributed by atoms with Gasteiger partial charge in [0.05, 0.1) is 0 Å². The molecule has 0 unspecified atom stereocenters. The van der Waals surface area contributed by atoms with Gasteiger partial charge < -0.3 is 5.73 Å². The molecule has 0 aromatic carbocycles. The minimum absolute atomic E-state index is 0.205. The van der Waals surface area contributed by atoms with Gasteiger partial charge in [0.25, 0.3) is 0 Å². The molecule has 2 nitrogen and oxygen atoms in total. The summed E-state index contributed by atoms with van der Waals surface area (Å²) in [6.07, 6.45) is 5.35. The van der Waals surface area contributed by atoms with Crippen molar-refractivity contribution < 1.29 is 0 Å². The largest absolute Gasteiger partial charge is 0.329 e. The van der Waals surface area contributed by atoms with Crippen LogP contribution in [0.2, 0.25) is 0 Å². The maximum absolute atomic E-state index is 5.80. The van der Waals surface area contributed by atoms with E-state index in [2.05, 4.69) is 25.7 Å². The normalized spacial score (nSPS) is 18.2. The molecule has 1 aliphatic carbocycles. The van der Waals surface area contributed by atoms with Crippen LogP contribution < -0.4 is 5.73 Å². The van der Waals surface area contributed by atoms with Gasteiger partial charge in [0, 0.05) is 18.1 Å². The fourth-order valence-electron chi connectivity index (χ4n) is 1.81. The third kappa shape index (κ3) is 2.96. The van der Waals surface area contributed by atoms with Crippen molar-refractivity contribution in [2.45, 2.75) is 58.0 Å². The lowest BCUT2D eigenvalue weighted by molar-refractivity contribution is 0.115. The van der Waals surface area contributed by atoms with Gasteiger partial charge in [-0.05, 0) is 39.7 Å². The van der Waals surface area contributed by atoms with Gasteiger partial charge in [-0.25, -0.2) is 0 Å². The molecule has 0 atom stereocenters. The van der Waals surface area contributed by atoms with Crippen LogP contribution in [0.5, 0.6) is 0 Å². The first-order valence-corrected chi connectivity index (χ1v) is 5.58. The van der Waals surface area contributed by atoms with Gasteiger partial charge in [0.1, 0.15) is 0 Å². The summed E-state index contributed by atoms with van der Waals surface area (Å²) in [5.74, 6) is 0. The molecule has 0 radical (unpaired) electrons. The van der Waals surface area contributed by atoms with E-state index in [1.165, 1.54) is 32.2 Å². The van der Waals surface area contributed by atoms with Crippen LogP contribution >= 0.6 is 0 Å². The quantitative estimate of drug-likeness (QED) is 0.684. The Labute approximate surface area is 82.5 Å². The zero-order valence-corrected chi connectivity index (χ0v) is 9.34. The third-order valence-corrected chi connectivity index (χ3v) is 3.02. The van der Waals surface area contributed by atoms with E-state index in [4.69, 9.17) is 5.73 Å². The van der Waals surface area contributed by atoms with Crippen molar-refractivity contribution in [1.82, 2.24) is 4.90 Å². The van der Waals surface area contributed by atoms with E-state index in [-0.39, 0.29) is 5.54 Å². The van der Waals surface area contributed by atoms with Gasteiger partial charge in [-0.1, -0.05) is 13.3 Å². The molecule has 13 heavy (non-hydrogen) atoms. The lowest BCUT2D eigenvalue weighted by Gasteiger charge is -2.38. The molecule has 2 heteroatoms. The third-order valence-electron chi connectivity index (χ3n) is 3.02. The van der Waals surface area contributed by atoms with E-state index in [1.54, 1.807) is 0 Å². The summed E-state index contributed by atoms with van der Waals surface area (Å²) in [4.78, 5) is 2.61. The van der Waals surface area contributed by atoms with Crippen molar-refractivity contribution in [2.75, 3.05) is 13.1 Å². The highest BCUT2D eigenvalue weighted by atomic mass is 15.2. The average Bonchev–Trinajstić information content (AvgIpc) is 2.89. The average molecular weight is 184 g/mol. The highest BCUT2D eigenvalue weighted by Crippen LogP contribution is 2.32. The van der Waals surface area contributed by atoms with Gasteiger partial charge in [0.2, 0.25) is 0 Å². The molecular formula is C11H24N2. The minimum atomic E-state index is 0.205. The second-order valence-corrected chi connectivity index (χ2v) is 4.79. The smallest absolute Gasteiger partial charge is 0.0278 e. The van der Waals surface area contributed by atoms with Crippen molar-refractivity contribution in [3.8, 4) is 0 Å². The van der Waals surface area contributed by atoms with Crippen molar-refractivity contribution in [2.24, 2.45) is 5.73 Å². The standard InChI is InChI=1S/C11H24N2/c1-4-5-8-13(10-6-7-10)11(2,3)9-12/h10H,4-9,12H2,1-3H3. The summed E-state index contributed by atoms with van der Waals surface area (Å²) < 4.78 is 0. The molecule has 1 saturated carbocycles. The second kappa shape index (κ2) is 4.43. The number of nitrogens with two attached hydrogens (primary N) is 1. The van der Waals surface area contributed by atoms with Crippen LogP contribution in [0, 0.1) is 0 Å². The molecule has 0 saturated heterocycles. The van der Waals surface area contributed by atoms with Crippen LogP contribution in [-0.4, -0.2) is 29.6 Å². The van der Waals surface area contributed by atoms with Crippen LogP contribution in [0.1, 0.15) is 46.5 Å². The molecule has 0 spiro atoms. The Balaban J connectivity index is 2.45. The molecule has 0 aromatic heterocycles. The molecule has 0 amide bonds. The lowest BCUT2D eigenvalue weighted by Crippen LogP contribution is -2.50. The number of rotatable bonds is 6. The molecule has 2 N–H and O–H groups in total. The summed E-state index contributed by atoms with van der Waals surface area (Å²) in [6.45, 7) is 8.78. The van der Waals surface area contributed by atoms with Crippen LogP contribution in [0.25, 0.3) is 0 Å². The number of nitrogens with zero attached hydrogens (tertiary/aromatic N) is 1. The van der Waals surface area contributed by atoms with Crippen LogP contribution in [0.15, 0.2) is 0 Å². The maximum atomic E-state index is 5.80. The highest BCUT2D eigenvalue weighted by molar-refractivity contribution is 4.93. The monoisotopic (exact) mass is 184 g/mol.